The van der Waals surface area contributed by atoms with Crippen LogP contribution >= 0.6 is 15.9 Å². The largest absolute Gasteiger partial charge is 0.493 e. The van der Waals surface area contributed by atoms with Crippen molar-refractivity contribution in [2.24, 2.45) is 5.10 Å². The zero-order valence-electron chi connectivity index (χ0n) is 20.9. The van der Waals surface area contributed by atoms with Gasteiger partial charge in [-0.15, -0.1) is 0 Å². The molecule has 0 aliphatic heterocycles. The van der Waals surface area contributed by atoms with Crippen molar-refractivity contribution in [3.05, 3.63) is 95.1 Å². The molecule has 2 aromatic carbocycles. The number of nitro benzene ring substituents is 1. The minimum atomic E-state index is -0.674. The third-order valence-corrected chi connectivity index (χ3v) is 6.31. The van der Waals surface area contributed by atoms with Gasteiger partial charge >= 0.3 is 5.69 Å². The third-order valence-electron chi connectivity index (χ3n) is 5.82. The Kier molecular flexibility index (Phi) is 7.95. The number of halogens is 1. The molecular formula is C25H21BrN6O7. The van der Waals surface area contributed by atoms with Crippen LogP contribution in [0.1, 0.15) is 37.6 Å². The summed E-state index contributed by atoms with van der Waals surface area (Å²) in [6.45, 7) is 3.88. The van der Waals surface area contributed by atoms with Crippen LogP contribution in [0.5, 0.6) is 17.4 Å². The van der Waals surface area contributed by atoms with Crippen LogP contribution in [-0.4, -0.2) is 37.8 Å². The second kappa shape index (κ2) is 11.3. The highest BCUT2D eigenvalue weighted by molar-refractivity contribution is 9.10. The average Bonchev–Trinajstić information content (AvgIpc) is 2.92. The van der Waals surface area contributed by atoms with Gasteiger partial charge in [0, 0.05) is 34.2 Å². The average molecular weight is 597 g/mol. The minimum Gasteiger partial charge on any atom is -0.493 e. The van der Waals surface area contributed by atoms with Crippen molar-refractivity contribution in [1.82, 2.24) is 14.6 Å². The first kappa shape index (κ1) is 27.3. The number of rotatable bonds is 9. The molecule has 0 N–H and O–H groups in total. The molecule has 39 heavy (non-hydrogen) atoms. The maximum Gasteiger partial charge on any atom is 0.316 e. The lowest BCUT2D eigenvalue weighted by Gasteiger charge is -2.14. The summed E-state index contributed by atoms with van der Waals surface area (Å²) < 4.78 is 12.8. The summed E-state index contributed by atoms with van der Waals surface area (Å²) in [5, 5.41) is 27.5. The predicted molar refractivity (Wildman–Crippen MR) is 146 cm³/mol. The maximum atomic E-state index is 13.4. The Balaban J connectivity index is 1.79. The van der Waals surface area contributed by atoms with E-state index >= 15 is 0 Å². The maximum absolute atomic E-state index is 13.4. The van der Waals surface area contributed by atoms with Gasteiger partial charge in [-0.2, -0.15) is 9.78 Å². The number of hydrogen-bond acceptors (Lipinski definition) is 10. The number of aromatic nitrogens is 3. The lowest BCUT2D eigenvalue weighted by Crippen LogP contribution is -2.23. The molecule has 4 aromatic rings. The first-order chi connectivity index (χ1) is 18.6. The topological polar surface area (TPSA) is 165 Å². The first-order valence-electron chi connectivity index (χ1n) is 11.5. The van der Waals surface area contributed by atoms with Gasteiger partial charge in [-0.25, -0.2) is 9.97 Å². The quantitative estimate of drug-likeness (QED) is 0.136. The molecule has 0 fully saturated rings. The summed E-state index contributed by atoms with van der Waals surface area (Å²) in [7, 11) is 1.30. The Morgan fingerprint density at radius 3 is 2.54 bits per heavy atom. The van der Waals surface area contributed by atoms with Crippen molar-refractivity contribution in [3.63, 3.8) is 0 Å². The molecule has 13 nitrogen and oxygen atoms in total. The van der Waals surface area contributed by atoms with E-state index in [-0.39, 0.29) is 34.5 Å². The van der Waals surface area contributed by atoms with Gasteiger partial charge in [0.05, 0.1) is 34.1 Å². The van der Waals surface area contributed by atoms with E-state index in [4.69, 9.17) is 9.47 Å². The lowest BCUT2D eigenvalue weighted by molar-refractivity contribution is -0.385. The molecule has 0 amide bonds. The van der Waals surface area contributed by atoms with Gasteiger partial charge in [0.2, 0.25) is 11.6 Å². The van der Waals surface area contributed by atoms with Crippen LogP contribution < -0.4 is 15.0 Å². The van der Waals surface area contributed by atoms with E-state index in [0.29, 0.717) is 27.6 Å². The third kappa shape index (κ3) is 5.75. The van der Waals surface area contributed by atoms with Crippen molar-refractivity contribution >= 4 is 44.4 Å². The van der Waals surface area contributed by atoms with E-state index < -0.39 is 21.1 Å². The van der Waals surface area contributed by atoms with Crippen molar-refractivity contribution < 1.29 is 19.3 Å². The van der Waals surface area contributed by atoms with E-state index in [2.05, 4.69) is 31.0 Å². The predicted octanol–water partition coefficient (Wildman–Crippen LogP) is 5.57. The summed E-state index contributed by atoms with van der Waals surface area (Å²) in [5.74, 6) is -0.0332. The molecule has 1 atom stereocenters. The number of fused-ring (bicyclic) bond motifs is 1. The van der Waals surface area contributed by atoms with E-state index in [0.717, 1.165) is 12.3 Å². The van der Waals surface area contributed by atoms with Crippen LogP contribution in [-0.2, 0) is 0 Å². The van der Waals surface area contributed by atoms with Crippen molar-refractivity contribution in [3.8, 4) is 17.4 Å². The van der Waals surface area contributed by atoms with Gasteiger partial charge in [0.25, 0.3) is 11.2 Å². The monoisotopic (exact) mass is 596 g/mol. The smallest absolute Gasteiger partial charge is 0.316 e. The van der Waals surface area contributed by atoms with Crippen molar-refractivity contribution in [2.45, 2.75) is 26.2 Å². The number of benzene rings is 2. The van der Waals surface area contributed by atoms with E-state index in [1.54, 1.807) is 18.2 Å². The van der Waals surface area contributed by atoms with Crippen LogP contribution in [0, 0.1) is 20.2 Å². The molecule has 0 saturated heterocycles. The number of nitrogens with zero attached hydrogens (tertiary/aromatic N) is 6. The highest BCUT2D eigenvalue weighted by atomic mass is 79.9. The number of hydrogen-bond donors (Lipinski definition) is 0. The molecule has 0 unspecified atom stereocenters. The van der Waals surface area contributed by atoms with Gasteiger partial charge in [0.15, 0.2) is 5.75 Å². The zero-order valence-corrected chi connectivity index (χ0v) is 22.5. The summed E-state index contributed by atoms with van der Waals surface area (Å²) in [6.07, 6.45) is 2.96. The number of ether oxygens (including phenoxy) is 2. The zero-order chi connectivity index (χ0) is 28.3. The highest BCUT2D eigenvalue weighted by Gasteiger charge is 2.24. The van der Waals surface area contributed by atoms with Crippen molar-refractivity contribution in [2.75, 3.05) is 7.11 Å². The molecule has 0 radical (unpaired) electrons. The molecule has 200 valence electrons. The van der Waals surface area contributed by atoms with Gasteiger partial charge in [-0.3, -0.25) is 25.0 Å². The number of pyridine rings is 1. The number of methoxy groups -OCH3 is 1. The summed E-state index contributed by atoms with van der Waals surface area (Å²) in [6, 6.07) is 10.2. The molecule has 0 bridgehead atoms. The summed E-state index contributed by atoms with van der Waals surface area (Å²) in [4.78, 5) is 43.3. The van der Waals surface area contributed by atoms with Crippen LogP contribution in [0.25, 0.3) is 10.9 Å². The van der Waals surface area contributed by atoms with Crippen LogP contribution in [0.3, 0.4) is 0 Å². The Morgan fingerprint density at radius 2 is 1.92 bits per heavy atom. The van der Waals surface area contributed by atoms with Crippen LogP contribution in [0.15, 0.2) is 63.0 Å². The molecule has 2 aromatic heterocycles. The standard InChI is InChI=1S/C25H21BrN6O7/c1-4-14(2)24-29-19-7-5-16(26)11-18(19)25(33)30(24)28-12-15-9-20(32(36)37)23(21(10-15)38-3)39-22-8-6-17(13-27-22)31(34)35/h5-14H,4H2,1-3H3/t14-/m1/s1. The molecule has 2 heterocycles. The Bertz CT molecular complexity index is 1670. The Labute approximate surface area is 229 Å². The van der Waals surface area contributed by atoms with Gasteiger partial charge in [0.1, 0.15) is 12.0 Å². The van der Waals surface area contributed by atoms with Gasteiger partial charge in [-0.1, -0.05) is 29.8 Å². The highest BCUT2D eigenvalue weighted by Crippen LogP contribution is 2.40. The fourth-order valence-electron chi connectivity index (χ4n) is 3.62. The second-order valence-electron chi connectivity index (χ2n) is 8.34. The minimum absolute atomic E-state index is 0.0131. The molecule has 0 aliphatic rings. The lowest BCUT2D eigenvalue weighted by atomic mass is 10.1. The van der Waals surface area contributed by atoms with Gasteiger partial charge < -0.3 is 9.47 Å². The molecule has 4 rings (SSSR count). The number of nitro groups is 2. The molecule has 0 spiro atoms. The fraction of sp³-hybridized carbons (Fsp3) is 0.200. The van der Waals surface area contributed by atoms with E-state index in [9.17, 15) is 25.0 Å². The van der Waals surface area contributed by atoms with Crippen molar-refractivity contribution in [1.29, 1.82) is 0 Å². The van der Waals surface area contributed by atoms with Gasteiger partial charge in [-0.05, 0) is 30.7 Å². The SMILES string of the molecule is CC[C@@H](C)c1nc2ccc(Br)cc2c(=O)n1N=Cc1cc(OC)c(Oc2ccc([N+](=O)[O-])cn2)c([N+](=O)[O-])c1. The van der Waals surface area contributed by atoms with E-state index in [1.165, 1.54) is 36.2 Å². The van der Waals surface area contributed by atoms with Crippen LogP contribution in [0.4, 0.5) is 11.4 Å². The van der Waals surface area contributed by atoms with E-state index in [1.807, 2.05) is 13.8 Å². The Morgan fingerprint density at radius 1 is 1.15 bits per heavy atom. The summed E-state index contributed by atoms with van der Waals surface area (Å²) in [5.41, 5.74) is -0.343. The molecular weight excluding hydrogens is 576 g/mol. The fourth-order valence-corrected chi connectivity index (χ4v) is 3.98. The Hall–Kier alpha value is -4.72. The summed E-state index contributed by atoms with van der Waals surface area (Å²) >= 11 is 3.37. The normalized spacial score (nSPS) is 12.0. The molecule has 0 aliphatic carbocycles. The molecule has 0 saturated carbocycles. The molecule has 14 heteroatoms. The van der Waals surface area contributed by atoms with Crippen LogP contribution in [0.2, 0.25) is 0 Å². The first-order valence-corrected chi connectivity index (χ1v) is 12.3. The second-order valence-corrected chi connectivity index (χ2v) is 9.26.